The molecule has 0 bridgehead atoms. The van der Waals surface area contributed by atoms with E-state index < -0.39 is 6.03 Å². The number of rotatable bonds is 6. The van der Waals surface area contributed by atoms with E-state index in [1.165, 1.54) is 14.2 Å². The summed E-state index contributed by atoms with van der Waals surface area (Å²) in [5, 5.41) is 5.96. The van der Waals surface area contributed by atoms with Crippen molar-refractivity contribution < 1.29 is 14.4 Å². The second-order valence-corrected chi connectivity index (χ2v) is 6.92. The molecule has 0 spiro atoms. The monoisotopic (exact) mass is 399 g/mol. The van der Waals surface area contributed by atoms with E-state index in [9.17, 15) is 4.79 Å². The molecule has 0 saturated heterocycles. The second kappa shape index (κ2) is 9.40. The molecule has 156 valence electrons. The molecule has 0 heterocycles. The van der Waals surface area contributed by atoms with Crippen LogP contribution in [0.5, 0.6) is 5.75 Å². The van der Waals surface area contributed by atoms with Gasteiger partial charge in [-0.25, -0.2) is 21.5 Å². The quantitative estimate of drug-likeness (QED) is 0.336. The molecular formula is C21H29N5O3. The van der Waals surface area contributed by atoms with Gasteiger partial charge in [0, 0.05) is 18.2 Å². The zero-order chi connectivity index (χ0) is 21.7. The first-order valence-electron chi connectivity index (χ1n) is 9.15. The van der Waals surface area contributed by atoms with E-state index in [2.05, 4.69) is 5.16 Å². The molecule has 4 N–H and O–H groups in total. The molecule has 29 heavy (non-hydrogen) atoms. The van der Waals surface area contributed by atoms with E-state index in [4.69, 9.17) is 21.3 Å². The molecule has 0 unspecified atom stereocenters. The lowest BCUT2D eigenvalue weighted by atomic mass is 10.0. The number of hydrogen-bond acceptors (Lipinski definition) is 6. The van der Waals surface area contributed by atoms with Crippen molar-refractivity contribution in [1.29, 1.82) is 0 Å². The summed E-state index contributed by atoms with van der Waals surface area (Å²) in [6, 6.07) is 9.00. The van der Waals surface area contributed by atoms with Crippen molar-refractivity contribution in [1.82, 2.24) is 5.01 Å². The number of hydrazine groups is 2. The average Bonchev–Trinajstić information content (AvgIpc) is 2.67. The molecule has 0 fully saturated rings. The third kappa shape index (κ3) is 5.04. The van der Waals surface area contributed by atoms with Gasteiger partial charge in [-0.2, -0.15) is 0 Å². The number of aryl methyl sites for hydroxylation is 3. The molecule has 8 heteroatoms. The molecule has 0 aliphatic rings. The predicted molar refractivity (Wildman–Crippen MR) is 115 cm³/mol. The molecular weight excluding hydrogens is 370 g/mol. The minimum atomic E-state index is -0.527. The molecule has 0 aromatic heterocycles. The summed E-state index contributed by atoms with van der Waals surface area (Å²) < 4.78 is 6.10. The summed E-state index contributed by atoms with van der Waals surface area (Å²) in [6.07, 6.45) is 0. The van der Waals surface area contributed by atoms with Crippen molar-refractivity contribution in [3.8, 4) is 5.75 Å². The summed E-state index contributed by atoms with van der Waals surface area (Å²) in [4.78, 5) is 17.0. The maximum atomic E-state index is 12.2. The lowest BCUT2D eigenvalue weighted by Crippen LogP contribution is -2.49. The van der Waals surface area contributed by atoms with Crippen LogP contribution in [0.1, 0.15) is 34.7 Å². The third-order valence-electron chi connectivity index (χ3n) is 4.66. The smallest absolute Gasteiger partial charge is 0.352 e. The van der Waals surface area contributed by atoms with Gasteiger partial charge in [-0.1, -0.05) is 17.3 Å². The minimum absolute atomic E-state index is 0.252. The van der Waals surface area contributed by atoms with Gasteiger partial charge in [0.1, 0.15) is 19.5 Å². The van der Waals surface area contributed by atoms with Crippen LogP contribution in [0, 0.1) is 20.8 Å². The van der Waals surface area contributed by atoms with E-state index in [-0.39, 0.29) is 6.61 Å². The number of urea groups is 1. The fraction of sp³-hybridized carbons (Fsp3) is 0.333. The SMILES string of the molecule is CO/N=C(\C)c1cc(C)c(OCc2c(C)cccc2N(N)C(=O)N(C)N)cc1C. The van der Waals surface area contributed by atoms with E-state index in [1.807, 2.05) is 52.0 Å². The summed E-state index contributed by atoms with van der Waals surface area (Å²) in [5.74, 6) is 12.3. The molecule has 0 atom stereocenters. The van der Waals surface area contributed by atoms with Gasteiger partial charge >= 0.3 is 6.03 Å². The number of carbonyl (C=O) groups is 1. The Labute approximate surface area is 171 Å². The van der Waals surface area contributed by atoms with Crippen LogP contribution in [0.15, 0.2) is 35.5 Å². The highest BCUT2D eigenvalue weighted by Gasteiger charge is 2.19. The number of hydrogen-bond donors (Lipinski definition) is 2. The van der Waals surface area contributed by atoms with E-state index in [0.717, 1.165) is 49.3 Å². The van der Waals surface area contributed by atoms with Crippen LogP contribution in [-0.4, -0.2) is 30.9 Å². The van der Waals surface area contributed by atoms with Gasteiger partial charge in [-0.3, -0.25) is 5.01 Å². The number of anilines is 1. The molecule has 0 aliphatic heterocycles. The number of ether oxygens (including phenoxy) is 1. The van der Waals surface area contributed by atoms with Crippen molar-refractivity contribution in [2.45, 2.75) is 34.3 Å². The maximum absolute atomic E-state index is 12.2. The lowest BCUT2D eigenvalue weighted by molar-refractivity contribution is 0.213. The van der Waals surface area contributed by atoms with Gasteiger partial charge in [-0.15, -0.1) is 0 Å². The Morgan fingerprint density at radius 3 is 2.41 bits per heavy atom. The van der Waals surface area contributed by atoms with Crippen LogP contribution in [0.3, 0.4) is 0 Å². The van der Waals surface area contributed by atoms with Crippen LogP contribution < -0.4 is 21.4 Å². The van der Waals surface area contributed by atoms with Crippen LogP contribution in [-0.2, 0) is 11.4 Å². The molecule has 2 aromatic rings. The van der Waals surface area contributed by atoms with Gasteiger partial charge in [0.2, 0.25) is 0 Å². The van der Waals surface area contributed by atoms with Gasteiger partial charge in [-0.05, 0) is 62.6 Å². The zero-order valence-corrected chi connectivity index (χ0v) is 17.8. The first-order chi connectivity index (χ1) is 13.7. The average molecular weight is 399 g/mol. The zero-order valence-electron chi connectivity index (χ0n) is 17.8. The standard InChI is InChI=1S/C21H29N5O3/c1-13-8-7-9-19(26(23)21(27)25(5)22)18(13)12-29-20-11-14(2)17(10-15(20)3)16(4)24-28-6/h7-11H,12,22-23H2,1-6H3/b24-16+. The van der Waals surface area contributed by atoms with E-state index in [0.29, 0.717) is 5.69 Å². The van der Waals surface area contributed by atoms with Gasteiger partial charge < -0.3 is 9.57 Å². The minimum Gasteiger partial charge on any atom is -0.489 e. The highest BCUT2D eigenvalue weighted by Crippen LogP contribution is 2.28. The number of nitrogens with two attached hydrogens (primary N) is 2. The third-order valence-corrected chi connectivity index (χ3v) is 4.66. The van der Waals surface area contributed by atoms with Crippen molar-refractivity contribution in [2.24, 2.45) is 16.8 Å². The van der Waals surface area contributed by atoms with Crippen molar-refractivity contribution >= 4 is 17.4 Å². The number of benzene rings is 2. The predicted octanol–water partition coefficient (Wildman–Crippen LogP) is 3.17. The first kappa shape index (κ1) is 22.2. The summed E-state index contributed by atoms with van der Waals surface area (Å²) in [5.41, 5.74) is 6.09. The Morgan fingerprint density at radius 1 is 1.10 bits per heavy atom. The van der Waals surface area contributed by atoms with Gasteiger partial charge in [0.25, 0.3) is 0 Å². The van der Waals surface area contributed by atoms with Crippen molar-refractivity contribution in [3.05, 3.63) is 58.1 Å². The largest absolute Gasteiger partial charge is 0.489 e. The molecule has 0 saturated carbocycles. The van der Waals surface area contributed by atoms with Crippen LogP contribution in [0.4, 0.5) is 10.5 Å². The maximum Gasteiger partial charge on any atom is 0.352 e. The highest BCUT2D eigenvalue weighted by molar-refractivity contribution is 6.00. The molecule has 0 aliphatic carbocycles. The lowest BCUT2D eigenvalue weighted by Gasteiger charge is -2.24. The van der Waals surface area contributed by atoms with Crippen molar-refractivity contribution in [2.75, 3.05) is 19.2 Å². The molecule has 8 nitrogen and oxygen atoms in total. The number of carbonyl (C=O) groups excluding carboxylic acids is 1. The van der Waals surface area contributed by atoms with Crippen LogP contribution in [0.25, 0.3) is 0 Å². The first-order valence-corrected chi connectivity index (χ1v) is 9.15. The molecule has 2 rings (SSSR count). The fourth-order valence-electron chi connectivity index (χ4n) is 3.04. The van der Waals surface area contributed by atoms with Crippen LogP contribution in [0.2, 0.25) is 0 Å². The van der Waals surface area contributed by atoms with Gasteiger partial charge in [0.15, 0.2) is 0 Å². The fourth-order valence-corrected chi connectivity index (χ4v) is 3.04. The highest BCUT2D eigenvalue weighted by atomic mass is 16.6. The Morgan fingerprint density at radius 2 is 1.79 bits per heavy atom. The Balaban J connectivity index is 2.32. The number of amides is 2. The van der Waals surface area contributed by atoms with E-state index >= 15 is 0 Å². The topological polar surface area (TPSA) is 106 Å². The molecule has 0 radical (unpaired) electrons. The molecule has 2 amide bonds. The number of nitrogens with zero attached hydrogens (tertiary/aromatic N) is 3. The number of oxime groups is 1. The molecule has 2 aromatic carbocycles. The Kier molecular flexibility index (Phi) is 7.19. The van der Waals surface area contributed by atoms with Gasteiger partial charge in [0.05, 0.1) is 11.4 Å². The Bertz CT molecular complexity index is 925. The van der Waals surface area contributed by atoms with E-state index in [1.54, 1.807) is 6.07 Å². The summed E-state index contributed by atoms with van der Waals surface area (Å²) in [7, 11) is 2.97. The Hall–Kier alpha value is -3.10. The normalized spacial score (nSPS) is 11.2. The second-order valence-electron chi connectivity index (χ2n) is 6.92. The summed E-state index contributed by atoms with van der Waals surface area (Å²) >= 11 is 0. The van der Waals surface area contributed by atoms with Crippen molar-refractivity contribution in [3.63, 3.8) is 0 Å². The summed E-state index contributed by atoms with van der Waals surface area (Å²) in [6.45, 7) is 8.05. The van der Waals surface area contributed by atoms with Crippen LogP contribution >= 0.6 is 0 Å².